The van der Waals surface area contributed by atoms with Gasteiger partial charge in [0.15, 0.2) is 0 Å². The van der Waals surface area contributed by atoms with E-state index in [1.54, 1.807) is 7.11 Å². The van der Waals surface area contributed by atoms with Crippen molar-refractivity contribution in [2.24, 2.45) is 0 Å². The van der Waals surface area contributed by atoms with Crippen LogP contribution < -0.4 is 14.8 Å². The molecule has 1 atom stereocenters. The van der Waals surface area contributed by atoms with Crippen LogP contribution in [-0.4, -0.2) is 38.1 Å². The van der Waals surface area contributed by atoms with Gasteiger partial charge in [-0.05, 0) is 49.2 Å². The van der Waals surface area contributed by atoms with Crippen molar-refractivity contribution in [3.8, 4) is 11.5 Å². The van der Waals surface area contributed by atoms with Crippen molar-refractivity contribution in [3.63, 3.8) is 0 Å². The lowest BCUT2D eigenvalue weighted by Crippen LogP contribution is -2.17. The number of methoxy groups -OCH3 is 1. The highest BCUT2D eigenvalue weighted by Crippen LogP contribution is 2.23. The average molecular weight is 373 g/mol. The number of benzene rings is 2. The Bertz CT molecular complexity index is 714. The molecular formula is C20H23NO4S. The summed E-state index contributed by atoms with van der Waals surface area (Å²) in [6.07, 6.45) is 2.31. The number of carbonyl (C=O) groups is 1. The SMILES string of the molecule is COc1ccc(SCC(=O)Nc2cccc(OCC3CCCO3)c2)cc1. The Labute approximate surface area is 158 Å². The van der Waals surface area contributed by atoms with Crippen molar-refractivity contribution < 1.29 is 19.0 Å². The van der Waals surface area contributed by atoms with Crippen molar-refractivity contribution in [3.05, 3.63) is 48.5 Å². The molecule has 1 fully saturated rings. The molecule has 0 radical (unpaired) electrons. The molecule has 138 valence electrons. The molecule has 1 amide bonds. The number of carbonyl (C=O) groups excluding carboxylic acids is 1. The van der Waals surface area contributed by atoms with Crippen LogP contribution in [0.5, 0.6) is 11.5 Å². The first kappa shape index (κ1) is 18.6. The largest absolute Gasteiger partial charge is 0.497 e. The van der Waals surface area contributed by atoms with Crippen LogP contribution in [0.15, 0.2) is 53.4 Å². The summed E-state index contributed by atoms with van der Waals surface area (Å²) in [4.78, 5) is 13.2. The van der Waals surface area contributed by atoms with E-state index in [0.29, 0.717) is 12.4 Å². The molecule has 0 saturated carbocycles. The molecule has 2 aromatic carbocycles. The molecular weight excluding hydrogens is 350 g/mol. The minimum absolute atomic E-state index is 0.0536. The molecule has 1 saturated heterocycles. The van der Waals surface area contributed by atoms with Crippen LogP contribution in [0, 0.1) is 0 Å². The van der Waals surface area contributed by atoms with Crippen molar-refractivity contribution in [2.45, 2.75) is 23.8 Å². The van der Waals surface area contributed by atoms with E-state index in [1.807, 2.05) is 48.5 Å². The van der Waals surface area contributed by atoms with E-state index in [1.165, 1.54) is 11.8 Å². The Balaban J connectivity index is 1.46. The molecule has 1 aliphatic heterocycles. The van der Waals surface area contributed by atoms with E-state index in [4.69, 9.17) is 14.2 Å². The van der Waals surface area contributed by atoms with E-state index < -0.39 is 0 Å². The Morgan fingerprint density at radius 2 is 2.08 bits per heavy atom. The van der Waals surface area contributed by atoms with Gasteiger partial charge in [0.2, 0.25) is 5.91 Å². The third-order valence-corrected chi connectivity index (χ3v) is 5.02. The summed E-state index contributed by atoms with van der Waals surface area (Å²) < 4.78 is 16.5. The lowest BCUT2D eigenvalue weighted by molar-refractivity contribution is -0.113. The van der Waals surface area contributed by atoms with Crippen LogP contribution in [0.25, 0.3) is 0 Å². The van der Waals surface area contributed by atoms with Crippen LogP contribution in [0.1, 0.15) is 12.8 Å². The van der Waals surface area contributed by atoms with Crippen molar-refractivity contribution >= 4 is 23.4 Å². The maximum absolute atomic E-state index is 12.2. The van der Waals surface area contributed by atoms with Gasteiger partial charge in [0.1, 0.15) is 18.1 Å². The van der Waals surface area contributed by atoms with Gasteiger partial charge in [-0.25, -0.2) is 0 Å². The summed E-state index contributed by atoms with van der Waals surface area (Å²) in [5, 5.41) is 2.91. The maximum Gasteiger partial charge on any atom is 0.234 e. The second-order valence-electron chi connectivity index (χ2n) is 5.99. The number of rotatable bonds is 8. The Morgan fingerprint density at radius 1 is 1.23 bits per heavy atom. The van der Waals surface area contributed by atoms with Crippen molar-refractivity contribution in [1.82, 2.24) is 0 Å². The molecule has 5 nitrogen and oxygen atoms in total. The quantitative estimate of drug-likeness (QED) is 0.709. The Kier molecular flexibility index (Phi) is 6.80. The van der Waals surface area contributed by atoms with Gasteiger partial charge in [0, 0.05) is 23.3 Å². The topological polar surface area (TPSA) is 56.8 Å². The lowest BCUT2D eigenvalue weighted by Gasteiger charge is -2.12. The number of ether oxygens (including phenoxy) is 3. The van der Waals surface area contributed by atoms with E-state index in [2.05, 4.69) is 5.32 Å². The number of anilines is 1. The molecule has 1 heterocycles. The summed E-state index contributed by atoms with van der Waals surface area (Å²) in [6.45, 7) is 1.36. The standard InChI is InChI=1S/C20H23NO4S/c1-23-16-7-9-19(10-8-16)26-14-20(22)21-15-4-2-5-17(12-15)25-13-18-6-3-11-24-18/h2,4-5,7-10,12,18H,3,6,11,13-14H2,1H3,(H,21,22). The first-order valence-electron chi connectivity index (χ1n) is 8.64. The van der Waals surface area contributed by atoms with E-state index in [-0.39, 0.29) is 12.0 Å². The average Bonchev–Trinajstić information content (AvgIpc) is 3.19. The van der Waals surface area contributed by atoms with Crippen LogP contribution in [0.4, 0.5) is 5.69 Å². The number of amides is 1. The normalized spacial score (nSPS) is 16.3. The van der Waals surface area contributed by atoms with Gasteiger partial charge < -0.3 is 19.5 Å². The molecule has 1 N–H and O–H groups in total. The maximum atomic E-state index is 12.2. The molecule has 1 unspecified atom stereocenters. The highest BCUT2D eigenvalue weighted by molar-refractivity contribution is 8.00. The smallest absolute Gasteiger partial charge is 0.234 e. The highest BCUT2D eigenvalue weighted by Gasteiger charge is 2.16. The molecule has 0 aliphatic carbocycles. The third kappa shape index (κ3) is 5.68. The molecule has 0 aromatic heterocycles. The zero-order chi connectivity index (χ0) is 18.2. The molecule has 1 aliphatic rings. The zero-order valence-electron chi connectivity index (χ0n) is 14.8. The van der Waals surface area contributed by atoms with E-state index >= 15 is 0 Å². The molecule has 6 heteroatoms. The van der Waals surface area contributed by atoms with Crippen LogP contribution >= 0.6 is 11.8 Å². The summed E-state index contributed by atoms with van der Waals surface area (Å²) in [7, 11) is 1.63. The summed E-state index contributed by atoms with van der Waals surface area (Å²) in [6, 6.07) is 15.1. The second-order valence-corrected chi connectivity index (χ2v) is 7.03. The number of hydrogen-bond donors (Lipinski definition) is 1. The molecule has 26 heavy (non-hydrogen) atoms. The van der Waals surface area contributed by atoms with Gasteiger partial charge in [-0.15, -0.1) is 11.8 Å². The van der Waals surface area contributed by atoms with Gasteiger partial charge in [-0.1, -0.05) is 6.07 Å². The van der Waals surface area contributed by atoms with E-state index in [0.717, 1.165) is 41.5 Å². The van der Waals surface area contributed by atoms with Crippen molar-refractivity contribution in [2.75, 3.05) is 31.4 Å². The van der Waals surface area contributed by atoms with Crippen LogP contribution in [0.3, 0.4) is 0 Å². The lowest BCUT2D eigenvalue weighted by atomic mass is 10.2. The van der Waals surface area contributed by atoms with Crippen LogP contribution in [-0.2, 0) is 9.53 Å². The summed E-state index contributed by atoms with van der Waals surface area (Å²) in [5.41, 5.74) is 0.732. The fourth-order valence-electron chi connectivity index (χ4n) is 2.65. The number of thioether (sulfide) groups is 1. The first-order chi connectivity index (χ1) is 12.7. The van der Waals surface area contributed by atoms with Gasteiger partial charge in [-0.3, -0.25) is 4.79 Å². The summed E-state index contributed by atoms with van der Waals surface area (Å²) >= 11 is 1.48. The second kappa shape index (κ2) is 9.50. The third-order valence-electron chi connectivity index (χ3n) is 4.01. The monoisotopic (exact) mass is 373 g/mol. The number of hydrogen-bond acceptors (Lipinski definition) is 5. The highest BCUT2D eigenvalue weighted by atomic mass is 32.2. The summed E-state index contributed by atoms with van der Waals surface area (Å²) in [5.74, 6) is 1.83. The molecule has 0 bridgehead atoms. The Hall–Kier alpha value is -2.18. The molecule has 2 aromatic rings. The fourth-order valence-corrected chi connectivity index (χ4v) is 3.34. The minimum atomic E-state index is -0.0536. The predicted molar refractivity (Wildman–Crippen MR) is 103 cm³/mol. The minimum Gasteiger partial charge on any atom is -0.497 e. The van der Waals surface area contributed by atoms with Gasteiger partial charge >= 0.3 is 0 Å². The van der Waals surface area contributed by atoms with Crippen molar-refractivity contribution in [1.29, 1.82) is 0 Å². The van der Waals surface area contributed by atoms with E-state index in [9.17, 15) is 4.79 Å². The number of nitrogens with one attached hydrogen (secondary N) is 1. The van der Waals surface area contributed by atoms with Gasteiger partial charge in [-0.2, -0.15) is 0 Å². The van der Waals surface area contributed by atoms with Gasteiger partial charge in [0.05, 0.1) is 19.0 Å². The van der Waals surface area contributed by atoms with Gasteiger partial charge in [0.25, 0.3) is 0 Å². The predicted octanol–water partition coefficient (Wildman–Crippen LogP) is 3.98. The molecule has 3 rings (SSSR count). The zero-order valence-corrected chi connectivity index (χ0v) is 15.6. The Morgan fingerprint density at radius 3 is 2.81 bits per heavy atom. The van der Waals surface area contributed by atoms with Crippen LogP contribution in [0.2, 0.25) is 0 Å². The fraction of sp³-hybridized carbons (Fsp3) is 0.350. The molecule has 0 spiro atoms. The first-order valence-corrected chi connectivity index (χ1v) is 9.62.